The lowest BCUT2D eigenvalue weighted by molar-refractivity contribution is -0.159. The molecule has 0 radical (unpaired) electrons. The molecule has 9 heteroatoms. The standard InChI is InChI=1S/C20H29N5O4/c1-14-10-22-17(11-21-14)9-19(27)18-6-7-23-25(18)20(28)16(12-24(29)13-26)8-15-4-2-3-5-15/h10-11,13,15-16,18,23,29H,2-9,12H2,1H3/t16-,18+/m1/s1. The van der Waals surface area contributed by atoms with E-state index in [1.165, 1.54) is 5.01 Å². The molecule has 2 N–H and O–H groups in total. The van der Waals surface area contributed by atoms with Crippen molar-refractivity contribution >= 4 is 18.1 Å². The Bertz CT molecular complexity index is 720. The van der Waals surface area contributed by atoms with Crippen LogP contribution in [0.2, 0.25) is 0 Å². The monoisotopic (exact) mass is 403 g/mol. The Morgan fingerprint density at radius 2 is 2.07 bits per heavy atom. The third-order valence-corrected chi connectivity index (χ3v) is 5.78. The van der Waals surface area contributed by atoms with Crippen molar-refractivity contribution in [3.8, 4) is 0 Å². The van der Waals surface area contributed by atoms with E-state index in [-0.39, 0.29) is 24.7 Å². The Hall–Kier alpha value is -2.39. The van der Waals surface area contributed by atoms with E-state index in [1.54, 1.807) is 12.4 Å². The first-order valence-corrected chi connectivity index (χ1v) is 10.3. The predicted octanol–water partition coefficient (Wildman–Crippen LogP) is 1.05. The smallest absolute Gasteiger partial charge is 0.242 e. The number of ketones is 1. The van der Waals surface area contributed by atoms with Crippen LogP contribution in [0.1, 0.15) is 49.9 Å². The summed E-state index contributed by atoms with van der Waals surface area (Å²) < 4.78 is 0. The number of nitrogens with one attached hydrogen (secondary N) is 1. The minimum absolute atomic E-state index is 0.0681. The summed E-state index contributed by atoms with van der Waals surface area (Å²) >= 11 is 0. The Morgan fingerprint density at radius 3 is 2.72 bits per heavy atom. The lowest BCUT2D eigenvalue weighted by Gasteiger charge is -2.29. The van der Waals surface area contributed by atoms with Crippen LogP contribution < -0.4 is 5.43 Å². The van der Waals surface area contributed by atoms with Crippen molar-refractivity contribution in [1.82, 2.24) is 25.5 Å². The maximum atomic E-state index is 13.2. The molecule has 9 nitrogen and oxygen atoms in total. The highest BCUT2D eigenvalue weighted by atomic mass is 16.5. The highest BCUT2D eigenvalue weighted by Gasteiger charge is 2.38. The van der Waals surface area contributed by atoms with Gasteiger partial charge in [0.15, 0.2) is 5.78 Å². The number of hydrogen-bond acceptors (Lipinski definition) is 7. The first-order valence-electron chi connectivity index (χ1n) is 10.3. The van der Waals surface area contributed by atoms with Crippen molar-refractivity contribution in [3.05, 3.63) is 23.8 Å². The number of Topliss-reactive ketones (excluding diaryl/α,β-unsaturated/α-hetero) is 1. The average Bonchev–Trinajstić information content (AvgIpc) is 3.40. The van der Waals surface area contributed by atoms with Gasteiger partial charge in [-0.3, -0.25) is 34.6 Å². The molecule has 1 aliphatic heterocycles. The summed E-state index contributed by atoms with van der Waals surface area (Å²) in [6.07, 6.45) is 9.14. The number of amides is 2. The second-order valence-corrected chi connectivity index (χ2v) is 8.02. The van der Waals surface area contributed by atoms with E-state index >= 15 is 0 Å². The molecule has 1 aromatic rings. The summed E-state index contributed by atoms with van der Waals surface area (Å²) in [4.78, 5) is 45.3. The van der Waals surface area contributed by atoms with Crippen LogP contribution >= 0.6 is 0 Å². The molecule has 0 bridgehead atoms. The first-order chi connectivity index (χ1) is 14.0. The molecule has 1 saturated heterocycles. The van der Waals surface area contributed by atoms with Crippen LogP contribution in [-0.4, -0.2) is 62.5 Å². The van der Waals surface area contributed by atoms with E-state index in [9.17, 15) is 19.6 Å². The first kappa shape index (κ1) is 21.3. The molecule has 0 unspecified atom stereocenters. The minimum Gasteiger partial charge on any atom is -0.297 e. The Labute approximate surface area is 170 Å². The van der Waals surface area contributed by atoms with Crippen LogP contribution in [0.4, 0.5) is 0 Å². The van der Waals surface area contributed by atoms with Crippen LogP contribution in [0.3, 0.4) is 0 Å². The van der Waals surface area contributed by atoms with Crippen LogP contribution in [0.25, 0.3) is 0 Å². The molecular weight excluding hydrogens is 374 g/mol. The van der Waals surface area contributed by atoms with Gasteiger partial charge in [-0.2, -0.15) is 0 Å². The average molecular weight is 403 g/mol. The van der Waals surface area contributed by atoms with Gasteiger partial charge in [0, 0.05) is 18.9 Å². The molecule has 0 aromatic carbocycles. The number of hydrazine groups is 1. The van der Waals surface area contributed by atoms with E-state index in [0.717, 1.165) is 31.4 Å². The lowest BCUT2D eigenvalue weighted by Crippen LogP contribution is -2.51. The number of hydroxylamine groups is 2. The molecule has 2 fully saturated rings. The summed E-state index contributed by atoms with van der Waals surface area (Å²) in [5.41, 5.74) is 4.37. The SMILES string of the molecule is Cc1cnc(CC(=O)[C@@H]2CCNN2C(=O)[C@H](CC2CCCC2)CN(O)C=O)cn1. The Kier molecular flexibility index (Phi) is 7.27. The second-order valence-electron chi connectivity index (χ2n) is 8.02. The fourth-order valence-corrected chi connectivity index (χ4v) is 4.27. The normalized spacial score (nSPS) is 20.6. The minimum atomic E-state index is -0.583. The van der Waals surface area contributed by atoms with Crippen LogP contribution in [0.5, 0.6) is 0 Å². The van der Waals surface area contributed by atoms with E-state index < -0.39 is 12.0 Å². The number of nitrogens with zero attached hydrogens (tertiary/aromatic N) is 4. The zero-order chi connectivity index (χ0) is 20.8. The molecule has 29 heavy (non-hydrogen) atoms. The van der Waals surface area contributed by atoms with Gasteiger partial charge in [0.1, 0.15) is 6.04 Å². The molecule has 2 aliphatic rings. The molecule has 1 aromatic heterocycles. The van der Waals surface area contributed by atoms with E-state index in [1.807, 2.05) is 6.92 Å². The van der Waals surface area contributed by atoms with Crippen molar-refractivity contribution < 1.29 is 19.6 Å². The van der Waals surface area contributed by atoms with Gasteiger partial charge in [0.2, 0.25) is 12.3 Å². The fourth-order valence-electron chi connectivity index (χ4n) is 4.27. The number of aryl methyl sites for hydroxylation is 1. The quantitative estimate of drug-likeness (QED) is 0.360. The molecule has 2 atom stereocenters. The summed E-state index contributed by atoms with van der Waals surface area (Å²) in [6, 6.07) is -0.583. The molecule has 3 rings (SSSR count). The number of aromatic nitrogens is 2. The van der Waals surface area contributed by atoms with Crippen molar-refractivity contribution in [3.63, 3.8) is 0 Å². The highest BCUT2D eigenvalue weighted by Crippen LogP contribution is 2.31. The second kappa shape index (κ2) is 9.89. The van der Waals surface area contributed by atoms with Crippen molar-refractivity contribution in [2.45, 2.75) is 57.9 Å². The molecular formula is C20H29N5O4. The third-order valence-electron chi connectivity index (χ3n) is 5.78. The van der Waals surface area contributed by atoms with Crippen LogP contribution in [0, 0.1) is 18.8 Å². The molecule has 0 spiro atoms. The van der Waals surface area contributed by atoms with Gasteiger partial charge in [0.05, 0.1) is 30.3 Å². The fraction of sp³-hybridized carbons (Fsp3) is 0.650. The maximum absolute atomic E-state index is 13.2. The van der Waals surface area contributed by atoms with E-state index in [4.69, 9.17) is 0 Å². The molecule has 1 saturated carbocycles. The van der Waals surface area contributed by atoms with Crippen LogP contribution in [-0.2, 0) is 20.8 Å². The highest BCUT2D eigenvalue weighted by molar-refractivity contribution is 5.91. The van der Waals surface area contributed by atoms with Gasteiger partial charge in [-0.1, -0.05) is 25.7 Å². The summed E-state index contributed by atoms with van der Waals surface area (Å²) in [7, 11) is 0. The van der Waals surface area contributed by atoms with E-state index in [0.29, 0.717) is 42.5 Å². The number of carbonyl (C=O) groups is 3. The molecule has 2 heterocycles. The van der Waals surface area contributed by atoms with Gasteiger partial charge >= 0.3 is 0 Å². The third kappa shape index (κ3) is 5.57. The molecule has 2 amide bonds. The van der Waals surface area contributed by atoms with Gasteiger partial charge in [0.25, 0.3) is 0 Å². The Balaban J connectivity index is 1.68. The lowest BCUT2D eigenvalue weighted by atomic mass is 9.91. The van der Waals surface area contributed by atoms with Gasteiger partial charge < -0.3 is 0 Å². The largest absolute Gasteiger partial charge is 0.297 e. The van der Waals surface area contributed by atoms with Crippen molar-refractivity contribution in [2.24, 2.45) is 11.8 Å². The van der Waals surface area contributed by atoms with Gasteiger partial charge in [-0.05, 0) is 25.7 Å². The number of rotatable bonds is 9. The van der Waals surface area contributed by atoms with E-state index in [2.05, 4.69) is 15.4 Å². The summed E-state index contributed by atoms with van der Waals surface area (Å²) in [5.74, 6) is -0.488. The molecule has 158 valence electrons. The predicted molar refractivity (Wildman–Crippen MR) is 103 cm³/mol. The zero-order valence-electron chi connectivity index (χ0n) is 16.8. The van der Waals surface area contributed by atoms with Crippen molar-refractivity contribution in [1.29, 1.82) is 0 Å². The Morgan fingerprint density at radius 1 is 1.31 bits per heavy atom. The van der Waals surface area contributed by atoms with Gasteiger partial charge in [-0.15, -0.1) is 0 Å². The van der Waals surface area contributed by atoms with Crippen LogP contribution in [0.15, 0.2) is 12.4 Å². The van der Waals surface area contributed by atoms with Gasteiger partial charge in [-0.25, -0.2) is 10.5 Å². The molecule has 1 aliphatic carbocycles. The zero-order valence-corrected chi connectivity index (χ0v) is 16.8. The van der Waals surface area contributed by atoms with Crippen molar-refractivity contribution in [2.75, 3.05) is 13.1 Å². The topological polar surface area (TPSA) is 116 Å². The summed E-state index contributed by atoms with van der Waals surface area (Å²) in [5, 5.41) is 11.6. The maximum Gasteiger partial charge on any atom is 0.242 e. The summed E-state index contributed by atoms with van der Waals surface area (Å²) in [6.45, 7) is 2.28. The number of hydrogen-bond donors (Lipinski definition) is 2. The number of carbonyl (C=O) groups excluding carboxylic acids is 3.